The highest BCUT2D eigenvalue weighted by Gasteiger charge is 2.23. The van der Waals surface area contributed by atoms with Gasteiger partial charge in [0, 0.05) is 0 Å². The largest absolute Gasteiger partial charge is 0.395 e. The number of aliphatic hydroxyl groups is 2. The zero-order valence-corrected chi connectivity index (χ0v) is 11.6. The number of sulfonamides is 1. The van der Waals surface area contributed by atoms with Crippen molar-refractivity contribution in [2.24, 2.45) is 0 Å². The maximum absolute atomic E-state index is 11.8. The molecule has 1 aromatic rings. The second-order valence-electron chi connectivity index (χ2n) is 3.21. The normalized spacial score (nSPS) is 16.0. The monoisotopic (exact) mass is 329 g/mol. The summed E-state index contributed by atoms with van der Waals surface area (Å²) in [5.74, 6) is 0. The molecule has 0 amide bonds. The van der Waals surface area contributed by atoms with E-state index in [2.05, 4.69) is 20.7 Å². The van der Waals surface area contributed by atoms with E-state index < -0.39 is 28.8 Å². The Morgan fingerprint density at radius 2 is 2.19 bits per heavy atom. The first-order valence-corrected chi connectivity index (χ1v) is 7.52. The Morgan fingerprint density at radius 3 is 2.56 bits per heavy atom. The average molecular weight is 330 g/mol. The quantitative estimate of drug-likeness (QED) is 0.735. The summed E-state index contributed by atoms with van der Waals surface area (Å²) in [4.78, 5) is 0. The highest BCUT2D eigenvalue weighted by molar-refractivity contribution is 9.11. The first-order chi connectivity index (χ1) is 7.36. The number of nitrogens with one attached hydrogen (secondary N) is 1. The van der Waals surface area contributed by atoms with Crippen LogP contribution in [0.15, 0.2) is 20.1 Å². The Bertz CT molecular complexity index is 443. The number of halogens is 1. The molecule has 3 N–H and O–H groups in total. The van der Waals surface area contributed by atoms with Crippen LogP contribution in [0.2, 0.25) is 0 Å². The minimum atomic E-state index is -3.68. The van der Waals surface area contributed by atoms with Crippen molar-refractivity contribution in [3.05, 3.63) is 15.9 Å². The summed E-state index contributed by atoms with van der Waals surface area (Å²) >= 11 is 4.23. The Labute approximate surface area is 106 Å². The molecule has 0 bridgehead atoms. The molecule has 0 radical (unpaired) electrons. The molecule has 1 heterocycles. The third-order valence-electron chi connectivity index (χ3n) is 1.90. The molecule has 0 aliphatic heterocycles. The summed E-state index contributed by atoms with van der Waals surface area (Å²) < 4.78 is 26.6. The Kier molecular flexibility index (Phi) is 4.89. The van der Waals surface area contributed by atoms with E-state index in [1.165, 1.54) is 13.0 Å². The smallest absolute Gasteiger partial charge is 0.250 e. The van der Waals surface area contributed by atoms with Crippen molar-refractivity contribution >= 4 is 37.3 Å². The lowest BCUT2D eigenvalue weighted by Crippen LogP contribution is -2.44. The molecular formula is C8H12BrNO4S2. The van der Waals surface area contributed by atoms with E-state index >= 15 is 0 Å². The molecule has 1 aromatic heterocycles. The molecule has 2 atom stereocenters. The van der Waals surface area contributed by atoms with Crippen molar-refractivity contribution in [3.8, 4) is 0 Å². The molecule has 0 saturated heterocycles. The minimum absolute atomic E-state index is 0.137. The number of aliphatic hydroxyl groups excluding tert-OH is 2. The van der Waals surface area contributed by atoms with Crippen LogP contribution in [-0.4, -0.2) is 37.4 Å². The summed E-state index contributed by atoms with van der Waals surface area (Å²) in [6.07, 6.45) is -0.955. The van der Waals surface area contributed by atoms with E-state index in [1.54, 1.807) is 6.07 Å². The maximum Gasteiger partial charge on any atom is 0.250 e. The molecule has 92 valence electrons. The molecule has 0 aromatic carbocycles. The van der Waals surface area contributed by atoms with E-state index in [9.17, 15) is 13.5 Å². The predicted molar refractivity (Wildman–Crippen MR) is 64.9 cm³/mol. The van der Waals surface area contributed by atoms with Crippen molar-refractivity contribution in [1.82, 2.24) is 4.72 Å². The second-order valence-corrected chi connectivity index (χ2v) is 7.61. The van der Waals surface area contributed by atoms with Crippen LogP contribution < -0.4 is 4.72 Å². The van der Waals surface area contributed by atoms with Gasteiger partial charge in [0.05, 0.1) is 22.5 Å². The molecule has 5 nitrogen and oxygen atoms in total. The summed E-state index contributed by atoms with van der Waals surface area (Å²) in [5.41, 5.74) is 0. The molecule has 0 aliphatic rings. The fourth-order valence-corrected chi connectivity index (χ4v) is 4.31. The van der Waals surface area contributed by atoms with Crippen LogP contribution >= 0.6 is 27.3 Å². The Hall–Kier alpha value is 0.01000. The number of rotatable bonds is 5. The number of thiophene rings is 1. The van der Waals surface area contributed by atoms with Gasteiger partial charge in [-0.05, 0) is 35.0 Å². The number of hydrogen-bond acceptors (Lipinski definition) is 5. The van der Waals surface area contributed by atoms with Crippen molar-refractivity contribution in [2.75, 3.05) is 6.61 Å². The maximum atomic E-state index is 11.8. The summed E-state index contributed by atoms with van der Waals surface area (Å²) in [6, 6.07) is 2.18. The van der Waals surface area contributed by atoms with E-state index in [0.29, 0.717) is 3.79 Å². The van der Waals surface area contributed by atoms with E-state index in [0.717, 1.165) is 11.3 Å². The molecule has 0 spiro atoms. The van der Waals surface area contributed by atoms with Gasteiger partial charge in [-0.15, -0.1) is 11.3 Å². The lowest BCUT2D eigenvalue weighted by atomic mass is 10.2. The molecular weight excluding hydrogens is 318 g/mol. The van der Waals surface area contributed by atoms with Crippen LogP contribution in [-0.2, 0) is 10.0 Å². The van der Waals surface area contributed by atoms with Crippen LogP contribution in [0.3, 0.4) is 0 Å². The third-order valence-corrected chi connectivity index (χ3v) is 5.50. The standard InChI is InChI=1S/C8H12BrNO4S2/c1-5(12)6(4-11)10-16(13,14)8-3-2-7(9)15-8/h2-3,5-6,10-12H,4H2,1H3/t5?,6-/m1/s1. The highest BCUT2D eigenvalue weighted by Crippen LogP contribution is 2.26. The van der Waals surface area contributed by atoms with Gasteiger partial charge in [-0.1, -0.05) is 0 Å². The van der Waals surface area contributed by atoms with E-state index in [4.69, 9.17) is 5.11 Å². The summed E-state index contributed by atoms with van der Waals surface area (Å²) in [5, 5.41) is 18.2. The van der Waals surface area contributed by atoms with Gasteiger partial charge >= 0.3 is 0 Å². The van der Waals surface area contributed by atoms with E-state index in [-0.39, 0.29) is 4.21 Å². The number of hydrogen-bond donors (Lipinski definition) is 3. The van der Waals surface area contributed by atoms with Crippen molar-refractivity contribution in [1.29, 1.82) is 0 Å². The van der Waals surface area contributed by atoms with Crippen molar-refractivity contribution in [2.45, 2.75) is 23.3 Å². The van der Waals surface area contributed by atoms with Gasteiger partial charge in [-0.3, -0.25) is 0 Å². The fourth-order valence-electron chi connectivity index (χ4n) is 0.988. The first-order valence-electron chi connectivity index (χ1n) is 4.43. The Morgan fingerprint density at radius 1 is 1.56 bits per heavy atom. The fraction of sp³-hybridized carbons (Fsp3) is 0.500. The van der Waals surface area contributed by atoms with Crippen LogP contribution in [0, 0.1) is 0 Å². The van der Waals surface area contributed by atoms with Gasteiger partial charge in [0.1, 0.15) is 4.21 Å². The van der Waals surface area contributed by atoms with Gasteiger partial charge in [-0.25, -0.2) is 13.1 Å². The first kappa shape index (κ1) is 14.1. The van der Waals surface area contributed by atoms with Crippen LogP contribution in [0.4, 0.5) is 0 Å². The summed E-state index contributed by atoms with van der Waals surface area (Å²) in [6.45, 7) is 0.956. The molecule has 0 aliphatic carbocycles. The lowest BCUT2D eigenvalue weighted by Gasteiger charge is -2.18. The van der Waals surface area contributed by atoms with Gasteiger partial charge in [-0.2, -0.15) is 0 Å². The highest BCUT2D eigenvalue weighted by atomic mass is 79.9. The topological polar surface area (TPSA) is 86.6 Å². The van der Waals surface area contributed by atoms with Gasteiger partial charge in [0.15, 0.2) is 0 Å². The molecule has 1 unspecified atom stereocenters. The zero-order chi connectivity index (χ0) is 12.3. The van der Waals surface area contributed by atoms with Crippen LogP contribution in [0.5, 0.6) is 0 Å². The van der Waals surface area contributed by atoms with Crippen LogP contribution in [0.1, 0.15) is 6.92 Å². The average Bonchev–Trinajstić information content (AvgIpc) is 2.61. The second kappa shape index (κ2) is 5.56. The third kappa shape index (κ3) is 3.51. The SMILES string of the molecule is CC(O)[C@@H](CO)NS(=O)(=O)c1ccc(Br)s1. The molecule has 16 heavy (non-hydrogen) atoms. The van der Waals surface area contributed by atoms with Gasteiger partial charge < -0.3 is 10.2 Å². The van der Waals surface area contributed by atoms with Gasteiger partial charge in [0.25, 0.3) is 10.0 Å². The molecule has 0 saturated carbocycles. The lowest BCUT2D eigenvalue weighted by molar-refractivity contribution is 0.115. The summed E-state index contributed by atoms with van der Waals surface area (Å²) in [7, 11) is -3.68. The molecule has 1 rings (SSSR count). The minimum Gasteiger partial charge on any atom is -0.395 e. The predicted octanol–water partition coefficient (Wildman–Crippen LogP) is 0.531. The molecule has 8 heteroatoms. The van der Waals surface area contributed by atoms with Crippen molar-refractivity contribution < 1.29 is 18.6 Å². The Balaban J connectivity index is 2.87. The zero-order valence-electron chi connectivity index (χ0n) is 8.42. The van der Waals surface area contributed by atoms with E-state index in [1.807, 2.05) is 0 Å². The van der Waals surface area contributed by atoms with Gasteiger partial charge in [0.2, 0.25) is 0 Å². The van der Waals surface area contributed by atoms with Crippen molar-refractivity contribution in [3.63, 3.8) is 0 Å². The molecule has 0 fully saturated rings. The van der Waals surface area contributed by atoms with Crippen LogP contribution in [0.25, 0.3) is 0 Å².